The molecule has 128 valence electrons. The van der Waals surface area contributed by atoms with Gasteiger partial charge in [-0.2, -0.15) is 0 Å². The number of fused-ring (bicyclic) bond motifs is 2. The average Bonchev–Trinajstić information content (AvgIpc) is 3.05. The summed E-state index contributed by atoms with van der Waals surface area (Å²) >= 11 is 0. The van der Waals surface area contributed by atoms with E-state index in [4.69, 9.17) is 4.74 Å². The molecule has 0 saturated carbocycles. The number of hydrogen-bond donors (Lipinski definition) is 2. The number of aromatic carboxylic acids is 1. The van der Waals surface area contributed by atoms with Crippen LogP contribution in [0, 0.1) is 6.92 Å². The van der Waals surface area contributed by atoms with Crippen molar-refractivity contribution in [3.63, 3.8) is 0 Å². The number of hydrogen-bond acceptors (Lipinski definition) is 4. The highest BCUT2D eigenvalue weighted by Crippen LogP contribution is 2.38. The first-order chi connectivity index (χ1) is 12.0. The Labute approximate surface area is 144 Å². The molecule has 0 spiro atoms. The first kappa shape index (κ1) is 15.7. The molecule has 2 N–H and O–H groups in total. The van der Waals surface area contributed by atoms with Gasteiger partial charge in [-0.1, -0.05) is 24.3 Å². The normalized spacial score (nSPS) is 19.2. The highest BCUT2D eigenvalue weighted by molar-refractivity contribution is 5.95. The maximum absolute atomic E-state index is 11.5. The van der Waals surface area contributed by atoms with Crippen LogP contribution in [0.4, 0.5) is 0 Å². The van der Waals surface area contributed by atoms with Gasteiger partial charge in [-0.25, -0.2) is 9.78 Å². The quantitative estimate of drug-likeness (QED) is 0.767. The van der Waals surface area contributed by atoms with Crippen molar-refractivity contribution in [2.45, 2.75) is 25.6 Å². The number of aryl methyl sites for hydroxylation is 2. The van der Waals surface area contributed by atoms with Gasteiger partial charge in [-0.05, 0) is 30.2 Å². The molecule has 0 radical (unpaired) electrons. The fourth-order valence-electron chi connectivity index (χ4n) is 3.40. The van der Waals surface area contributed by atoms with Crippen LogP contribution in [0.25, 0.3) is 11.0 Å². The third-order valence-corrected chi connectivity index (χ3v) is 4.82. The number of rotatable bonds is 3. The number of aliphatic hydroxyl groups excluding tert-OH is 1. The van der Waals surface area contributed by atoms with Crippen molar-refractivity contribution in [2.24, 2.45) is 7.05 Å². The lowest BCUT2D eigenvalue weighted by Crippen LogP contribution is -2.19. The number of benzene rings is 2. The SMILES string of the molecule is Cc1nc2c(O[C@@H]3c4ccccc4C[C@H]3O)cc(C(=O)O)cc2n1C. The largest absolute Gasteiger partial charge is 0.481 e. The number of aromatic nitrogens is 2. The second kappa shape index (κ2) is 5.60. The number of nitrogens with zero attached hydrogens (tertiary/aromatic N) is 2. The van der Waals surface area contributed by atoms with Crippen LogP contribution in [0.1, 0.15) is 33.4 Å². The first-order valence-corrected chi connectivity index (χ1v) is 8.08. The maximum atomic E-state index is 11.5. The Bertz CT molecular complexity index is 992. The summed E-state index contributed by atoms with van der Waals surface area (Å²) in [6.07, 6.45) is -0.694. The number of carboxylic acids is 1. The molecule has 0 aliphatic heterocycles. The Morgan fingerprint density at radius 1 is 1.32 bits per heavy atom. The van der Waals surface area contributed by atoms with Gasteiger partial charge in [0.15, 0.2) is 6.10 Å². The molecule has 4 rings (SSSR count). The minimum absolute atomic E-state index is 0.131. The first-order valence-electron chi connectivity index (χ1n) is 8.08. The zero-order chi connectivity index (χ0) is 17.7. The van der Waals surface area contributed by atoms with E-state index in [0.29, 0.717) is 23.2 Å². The summed E-state index contributed by atoms with van der Waals surface area (Å²) in [4.78, 5) is 16.0. The van der Waals surface area contributed by atoms with Crippen LogP contribution < -0.4 is 4.74 Å². The third-order valence-electron chi connectivity index (χ3n) is 4.82. The van der Waals surface area contributed by atoms with Gasteiger partial charge in [0.2, 0.25) is 0 Å². The molecule has 1 aliphatic carbocycles. The number of carbonyl (C=O) groups is 1. The van der Waals surface area contributed by atoms with Gasteiger partial charge in [0, 0.05) is 13.5 Å². The number of carboxylic acid groups (broad SMARTS) is 1. The van der Waals surface area contributed by atoms with Crippen LogP contribution in [0.5, 0.6) is 5.75 Å². The molecule has 0 fully saturated rings. The van der Waals surface area contributed by atoms with Gasteiger partial charge >= 0.3 is 5.97 Å². The van der Waals surface area contributed by atoms with Gasteiger partial charge < -0.3 is 19.5 Å². The minimum atomic E-state index is -1.03. The molecule has 25 heavy (non-hydrogen) atoms. The molecule has 0 saturated heterocycles. The summed E-state index contributed by atoms with van der Waals surface area (Å²) < 4.78 is 7.92. The van der Waals surface area contributed by atoms with Crippen molar-refractivity contribution in [1.29, 1.82) is 0 Å². The number of aliphatic hydroxyl groups is 1. The zero-order valence-electron chi connectivity index (χ0n) is 13.9. The molecule has 2 atom stereocenters. The molecule has 6 nitrogen and oxygen atoms in total. The Balaban J connectivity index is 1.84. The van der Waals surface area contributed by atoms with E-state index in [1.165, 1.54) is 6.07 Å². The van der Waals surface area contributed by atoms with E-state index >= 15 is 0 Å². The Kier molecular flexibility index (Phi) is 3.51. The Morgan fingerprint density at radius 3 is 2.84 bits per heavy atom. The summed E-state index contributed by atoms with van der Waals surface area (Å²) in [5.74, 6) is 0.104. The van der Waals surface area contributed by atoms with Crippen LogP contribution in [-0.4, -0.2) is 31.8 Å². The molecule has 1 heterocycles. The van der Waals surface area contributed by atoms with Gasteiger partial charge in [0.1, 0.15) is 17.1 Å². The monoisotopic (exact) mass is 338 g/mol. The average molecular weight is 338 g/mol. The zero-order valence-corrected chi connectivity index (χ0v) is 13.9. The van der Waals surface area contributed by atoms with E-state index in [-0.39, 0.29) is 5.56 Å². The van der Waals surface area contributed by atoms with Gasteiger partial charge in [-0.15, -0.1) is 0 Å². The minimum Gasteiger partial charge on any atom is -0.481 e. The molecule has 2 aromatic carbocycles. The lowest BCUT2D eigenvalue weighted by molar-refractivity contribution is 0.0502. The van der Waals surface area contributed by atoms with E-state index in [1.807, 2.05) is 42.8 Å². The second-order valence-electron chi connectivity index (χ2n) is 6.37. The predicted molar refractivity (Wildman–Crippen MR) is 91.9 cm³/mol. The summed E-state index contributed by atoms with van der Waals surface area (Å²) in [7, 11) is 1.83. The summed E-state index contributed by atoms with van der Waals surface area (Å²) in [5, 5.41) is 19.8. The molecular weight excluding hydrogens is 320 g/mol. The summed E-state index contributed by atoms with van der Waals surface area (Å²) in [5.41, 5.74) is 3.39. The molecule has 1 aliphatic rings. The highest BCUT2D eigenvalue weighted by atomic mass is 16.5. The van der Waals surface area contributed by atoms with Crippen molar-refractivity contribution in [1.82, 2.24) is 9.55 Å². The molecular formula is C19H18N2O4. The Morgan fingerprint density at radius 2 is 2.08 bits per heavy atom. The fraction of sp³-hybridized carbons (Fsp3) is 0.263. The van der Waals surface area contributed by atoms with Crippen LogP contribution in [-0.2, 0) is 13.5 Å². The lowest BCUT2D eigenvalue weighted by Gasteiger charge is -2.19. The van der Waals surface area contributed by atoms with Crippen molar-refractivity contribution in [2.75, 3.05) is 0 Å². The van der Waals surface area contributed by atoms with Crippen molar-refractivity contribution in [3.05, 3.63) is 58.9 Å². The molecule has 1 aromatic heterocycles. The van der Waals surface area contributed by atoms with Crippen molar-refractivity contribution < 1.29 is 19.7 Å². The smallest absolute Gasteiger partial charge is 0.335 e. The lowest BCUT2D eigenvalue weighted by atomic mass is 10.1. The van der Waals surface area contributed by atoms with Gasteiger partial charge in [-0.3, -0.25) is 0 Å². The van der Waals surface area contributed by atoms with Crippen LogP contribution >= 0.6 is 0 Å². The molecule has 3 aromatic rings. The Hall–Kier alpha value is -2.86. The summed E-state index contributed by atoms with van der Waals surface area (Å²) in [6, 6.07) is 10.8. The van der Waals surface area contributed by atoms with E-state index in [2.05, 4.69) is 4.98 Å². The van der Waals surface area contributed by atoms with Gasteiger partial charge in [0.25, 0.3) is 0 Å². The fourth-order valence-corrected chi connectivity index (χ4v) is 3.40. The molecule has 0 unspecified atom stereocenters. The maximum Gasteiger partial charge on any atom is 0.335 e. The van der Waals surface area contributed by atoms with E-state index < -0.39 is 18.2 Å². The molecule has 0 amide bonds. The van der Waals surface area contributed by atoms with Crippen molar-refractivity contribution >= 4 is 17.0 Å². The van der Waals surface area contributed by atoms with Gasteiger partial charge in [0.05, 0.1) is 17.2 Å². The standard InChI is InChI=1S/C19H18N2O4/c1-10-20-17-14(21(10)2)7-12(19(23)24)9-16(17)25-18-13-6-4-3-5-11(13)8-15(18)22/h3-7,9,15,18,22H,8H2,1-2H3,(H,23,24)/t15-,18-/m1/s1. The van der Waals surface area contributed by atoms with E-state index in [9.17, 15) is 15.0 Å². The second-order valence-corrected chi connectivity index (χ2v) is 6.37. The molecule has 6 heteroatoms. The van der Waals surface area contributed by atoms with Crippen LogP contribution in [0.3, 0.4) is 0 Å². The van der Waals surface area contributed by atoms with Crippen LogP contribution in [0.2, 0.25) is 0 Å². The highest BCUT2D eigenvalue weighted by Gasteiger charge is 2.33. The third kappa shape index (κ3) is 2.46. The van der Waals surface area contributed by atoms with E-state index in [0.717, 1.165) is 17.0 Å². The number of ether oxygens (including phenoxy) is 1. The van der Waals surface area contributed by atoms with Crippen LogP contribution in [0.15, 0.2) is 36.4 Å². The summed E-state index contributed by atoms with van der Waals surface area (Å²) in [6.45, 7) is 1.85. The van der Waals surface area contributed by atoms with Crippen molar-refractivity contribution in [3.8, 4) is 5.75 Å². The predicted octanol–water partition coefficient (Wildman–Crippen LogP) is 2.62. The van der Waals surface area contributed by atoms with E-state index in [1.54, 1.807) is 6.07 Å². The topological polar surface area (TPSA) is 84.6 Å². The molecule has 0 bridgehead atoms. The number of imidazole rings is 1.